The summed E-state index contributed by atoms with van der Waals surface area (Å²) in [5.74, 6) is 0.350. The van der Waals surface area contributed by atoms with E-state index in [9.17, 15) is 0 Å². The Morgan fingerprint density at radius 1 is 1.25 bits per heavy atom. The van der Waals surface area contributed by atoms with E-state index in [1.807, 2.05) is 0 Å². The van der Waals surface area contributed by atoms with Crippen LogP contribution in [0.2, 0.25) is 0 Å². The Morgan fingerprint density at radius 2 is 2.12 bits per heavy atom. The Bertz CT molecular complexity index is 603. The van der Waals surface area contributed by atoms with Gasteiger partial charge in [-0.25, -0.2) is 0 Å². The first-order chi connectivity index (χ1) is 7.36. The van der Waals surface area contributed by atoms with Crippen molar-refractivity contribution in [2.75, 3.05) is 5.73 Å². The molecular weight excluding hydrogens is 230 g/mol. The number of aromatic amines is 1. The molecule has 0 unspecified atom stereocenters. The van der Waals surface area contributed by atoms with Gasteiger partial charge in [-0.15, -0.1) is 12.4 Å². The largest absolute Gasteiger partial charge is 0.380 e. The SMILES string of the molecule is Cl.Nc1noc2c(-c3cn[nH]c3)cncc12. The van der Waals surface area contributed by atoms with Gasteiger partial charge in [0.2, 0.25) is 0 Å². The van der Waals surface area contributed by atoms with E-state index in [0.717, 1.165) is 11.1 Å². The van der Waals surface area contributed by atoms with E-state index in [2.05, 4.69) is 20.3 Å². The fourth-order valence-electron chi connectivity index (χ4n) is 1.48. The minimum absolute atomic E-state index is 0. The lowest BCUT2D eigenvalue weighted by Crippen LogP contribution is -1.84. The van der Waals surface area contributed by atoms with Gasteiger partial charge in [-0.05, 0) is 0 Å². The molecular formula is C9H8ClN5O. The highest BCUT2D eigenvalue weighted by molar-refractivity contribution is 5.96. The molecule has 0 spiro atoms. The molecule has 3 heterocycles. The number of H-pyrrole nitrogens is 1. The summed E-state index contributed by atoms with van der Waals surface area (Å²) in [5, 5.41) is 11.0. The maximum atomic E-state index is 5.63. The number of anilines is 1. The Labute approximate surface area is 96.2 Å². The van der Waals surface area contributed by atoms with E-state index in [1.165, 1.54) is 0 Å². The van der Waals surface area contributed by atoms with Crippen LogP contribution in [0.1, 0.15) is 0 Å². The highest BCUT2D eigenvalue weighted by Crippen LogP contribution is 2.29. The van der Waals surface area contributed by atoms with Gasteiger partial charge in [-0.3, -0.25) is 10.1 Å². The zero-order valence-corrected chi connectivity index (χ0v) is 8.86. The second-order valence-electron chi connectivity index (χ2n) is 3.12. The third-order valence-electron chi connectivity index (χ3n) is 2.22. The number of rotatable bonds is 1. The molecule has 7 heteroatoms. The Balaban J connectivity index is 0.000000963. The van der Waals surface area contributed by atoms with E-state index < -0.39 is 0 Å². The highest BCUT2D eigenvalue weighted by atomic mass is 35.5. The molecule has 3 aromatic rings. The van der Waals surface area contributed by atoms with Crippen LogP contribution >= 0.6 is 12.4 Å². The van der Waals surface area contributed by atoms with Gasteiger partial charge in [0, 0.05) is 29.7 Å². The monoisotopic (exact) mass is 237 g/mol. The smallest absolute Gasteiger partial charge is 0.180 e. The van der Waals surface area contributed by atoms with Gasteiger partial charge < -0.3 is 10.3 Å². The van der Waals surface area contributed by atoms with Crippen LogP contribution in [0, 0.1) is 0 Å². The molecule has 16 heavy (non-hydrogen) atoms. The number of hydrogen-bond acceptors (Lipinski definition) is 5. The Kier molecular flexibility index (Phi) is 2.49. The fourth-order valence-corrected chi connectivity index (χ4v) is 1.48. The van der Waals surface area contributed by atoms with Crippen molar-refractivity contribution < 1.29 is 4.52 Å². The summed E-state index contributed by atoms with van der Waals surface area (Å²) < 4.78 is 5.15. The van der Waals surface area contributed by atoms with E-state index in [1.54, 1.807) is 24.8 Å². The van der Waals surface area contributed by atoms with Gasteiger partial charge >= 0.3 is 0 Å². The van der Waals surface area contributed by atoms with Gasteiger partial charge in [0.05, 0.1) is 11.6 Å². The predicted molar refractivity (Wildman–Crippen MR) is 61.0 cm³/mol. The van der Waals surface area contributed by atoms with Gasteiger partial charge in [0.1, 0.15) is 0 Å². The second kappa shape index (κ2) is 3.82. The number of pyridine rings is 1. The maximum absolute atomic E-state index is 5.63. The molecule has 0 amide bonds. The number of hydrogen-bond donors (Lipinski definition) is 2. The van der Waals surface area contributed by atoms with Crippen molar-refractivity contribution in [3.8, 4) is 11.1 Å². The van der Waals surface area contributed by atoms with Crippen molar-refractivity contribution in [3.05, 3.63) is 24.8 Å². The van der Waals surface area contributed by atoms with Crippen molar-refractivity contribution >= 4 is 29.2 Å². The third kappa shape index (κ3) is 1.40. The Morgan fingerprint density at radius 3 is 2.88 bits per heavy atom. The number of fused-ring (bicyclic) bond motifs is 1. The van der Waals surface area contributed by atoms with E-state index in [4.69, 9.17) is 10.3 Å². The average molecular weight is 238 g/mol. The molecule has 3 N–H and O–H groups in total. The number of nitrogens with zero attached hydrogens (tertiary/aromatic N) is 3. The highest BCUT2D eigenvalue weighted by Gasteiger charge is 2.12. The number of nitrogens with two attached hydrogens (primary N) is 1. The predicted octanol–water partition coefficient (Wildman–Crippen LogP) is 1.62. The molecule has 0 aromatic carbocycles. The molecule has 3 rings (SSSR count). The fraction of sp³-hybridized carbons (Fsp3) is 0. The van der Waals surface area contributed by atoms with Crippen molar-refractivity contribution in [1.29, 1.82) is 0 Å². The van der Waals surface area contributed by atoms with Crippen LogP contribution in [0.25, 0.3) is 22.1 Å². The lowest BCUT2D eigenvalue weighted by molar-refractivity contribution is 0.461. The molecule has 3 aromatic heterocycles. The molecule has 0 saturated carbocycles. The minimum Gasteiger partial charge on any atom is -0.380 e. The average Bonchev–Trinajstić information content (AvgIpc) is 2.88. The van der Waals surface area contributed by atoms with Gasteiger partial charge in [-0.1, -0.05) is 5.16 Å². The van der Waals surface area contributed by atoms with Crippen LogP contribution in [-0.4, -0.2) is 20.3 Å². The molecule has 0 aliphatic carbocycles. The summed E-state index contributed by atoms with van der Waals surface area (Å²) in [6, 6.07) is 0. The van der Waals surface area contributed by atoms with Gasteiger partial charge in [0.15, 0.2) is 11.4 Å². The van der Waals surface area contributed by atoms with Crippen molar-refractivity contribution in [2.45, 2.75) is 0 Å². The molecule has 0 bridgehead atoms. The number of nitrogen functional groups attached to an aromatic ring is 1. The van der Waals surface area contributed by atoms with Crippen LogP contribution < -0.4 is 5.73 Å². The molecule has 0 saturated heterocycles. The van der Waals surface area contributed by atoms with Gasteiger partial charge in [0.25, 0.3) is 0 Å². The lowest BCUT2D eigenvalue weighted by Gasteiger charge is -1.95. The zero-order valence-electron chi connectivity index (χ0n) is 8.04. The molecule has 0 radical (unpaired) electrons. The molecule has 82 valence electrons. The molecule has 6 nitrogen and oxygen atoms in total. The quantitative estimate of drug-likeness (QED) is 0.671. The normalized spacial score (nSPS) is 10.2. The molecule has 0 aliphatic rings. The first-order valence-electron chi connectivity index (χ1n) is 4.34. The summed E-state index contributed by atoms with van der Waals surface area (Å²) in [7, 11) is 0. The van der Waals surface area contributed by atoms with E-state index in [-0.39, 0.29) is 12.4 Å². The Hall–Kier alpha value is -2.08. The standard InChI is InChI=1S/C9H7N5O.ClH/c10-9-7-4-11-3-6(8(7)15-14-9)5-1-12-13-2-5;/h1-4H,(H2,10,14)(H,12,13);1H. The van der Waals surface area contributed by atoms with Gasteiger partial charge in [-0.2, -0.15) is 5.10 Å². The second-order valence-corrected chi connectivity index (χ2v) is 3.12. The van der Waals surface area contributed by atoms with Crippen LogP contribution in [0.4, 0.5) is 5.82 Å². The maximum Gasteiger partial charge on any atom is 0.180 e. The number of aromatic nitrogens is 4. The summed E-state index contributed by atoms with van der Waals surface area (Å²) in [5.41, 5.74) is 7.98. The van der Waals surface area contributed by atoms with Crippen LogP contribution in [0.3, 0.4) is 0 Å². The third-order valence-corrected chi connectivity index (χ3v) is 2.22. The van der Waals surface area contributed by atoms with Crippen LogP contribution in [0.5, 0.6) is 0 Å². The van der Waals surface area contributed by atoms with Crippen LogP contribution in [0.15, 0.2) is 29.3 Å². The van der Waals surface area contributed by atoms with Crippen molar-refractivity contribution in [1.82, 2.24) is 20.3 Å². The summed E-state index contributed by atoms with van der Waals surface area (Å²) in [6.07, 6.45) is 6.77. The van der Waals surface area contributed by atoms with Crippen LogP contribution in [-0.2, 0) is 0 Å². The molecule has 0 aliphatic heterocycles. The molecule has 0 fully saturated rings. The topological polar surface area (TPSA) is 93.6 Å². The lowest BCUT2D eigenvalue weighted by atomic mass is 10.1. The first-order valence-corrected chi connectivity index (χ1v) is 4.34. The first kappa shape index (κ1) is 10.4. The minimum atomic E-state index is 0. The van der Waals surface area contributed by atoms with Crippen molar-refractivity contribution in [3.63, 3.8) is 0 Å². The van der Waals surface area contributed by atoms with E-state index in [0.29, 0.717) is 16.8 Å². The van der Waals surface area contributed by atoms with E-state index >= 15 is 0 Å². The summed E-state index contributed by atoms with van der Waals surface area (Å²) in [6.45, 7) is 0. The number of nitrogens with one attached hydrogen (secondary N) is 1. The molecule has 0 atom stereocenters. The zero-order chi connectivity index (χ0) is 10.3. The van der Waals surface area contributed by atoms with Crippen molar-refractivity contribution in [2.24, 2.45) is 0 Å². The summed E-state index contributed by atoms with van der Waals surface area (Å²) >= 11 is 0. The summed E-state index contributed by atoms with van der Waals surface area (Å²) in [4.78, 5) is 4.08. The number of halogens is 1.